The summed E-state index contributed by atoms with van der Waals surface area (Å²) in [6, 6.07) is 4.12. The van der Waals surface area contributed by atoms with Gasteiger partial charge >= 0.3 is 12.3 Å². The van der Waals surface area contributed by atoms with Crippen LogP contribution in [0.2, 0.25) is 0 Å². The molecule has 1 atom stereocenters. The summed E-state index contributed by atoms with van der Waals surface area (Å²) in [5.74, 6) is -1.72. The highest BCUT2D eigenvalue weighted by Gasteiger charge is 2.31. The molecule has 8 heteroatoms. The third kappa shape index (κ3) is 6.02. The van der Waals surface area contributed by atoms with E-state index < -0.39 is 30.1 Å². The average Bonchev–Trinajstić information content (AvgIpc) is 2.36. The maximum Gasteiger partial charge on any atom is 0.573 e. The Kier molecular flexibility index (Phi) is 5.78. The molecule has 1 aromatic rings. The molecule has 0 saturated heterocycles. The zero-order valence-corrected chi connectivity index (χ0v) is 12.2. The Balaban J connectivity index is 2.64. The predicted octanol–water partition coefficient (Wildman–Crippen LogP) is 2.66. The van der Waals surface area contributed by atoms with Crippen molar-refractivity contribution in [2.24, 2.45) is 0 Å². The zero-order chi connectivity index (χ0) is 16.9. The second kappa shape index (κ2) is 7.15. The van der Waals surface area contributed by atoms with E-state index in [1.54, 1.807) is 13.8 Å². The van der Waals surface area contributed by atoms with Gasteiger partial charge in [-0.15, -0.1) is 13.2 Å². The van der Waals surface area contributed by atoms with Crippen LogP contribution in [0.15, 0.2) is 24.3 Å². The van der Waals surface area contributed by atoms with Crippen LogP contribution in [0.1, 0.15) is 31.1 Å². The summed E-state index contributed by atoms with van der Waals surface area (Å²) in [6.45, 7) is 4.91. The van der Waals surface area contributed by atoms with E-state index in [-0.39, 0.29) is 11.6 Å². The van der Waals surface area contributed by atoms with E-state index in [9.17, 15) is 22.8 Å². The Bertz CT molecular complexity index is 526. The molecular weight excluding hydrogens is 303 g/mol. The fourth-order valence-corrected chi connectivity index (χ4v) is 1.48. The number of benzene rings is 1. The molecule has 1 rings (SSSR count). The molecule has 0 aliphatic heterocycles. The van der Waals surface area contributed by atoms with Crippen LogP contribution in [-0.4, -0.2) is 30.4 Å². The van der Waals surface area contributed by atoms with Gasteiger partial charge in [0.1, 0.15) is 5.75 Å². The quantitative estimate of drug-likeness (QED) is 0.848. The topological polar surface area (TPSA) is 64.6 Å². The van der Waals surface area contributed by atoms with Crippen LogP contribution in [0.3, 0.4) is 0 Å². The number of nitrogens with one attached hydrogen (secondary N) is 1. The molecule has 5 nitrogen and oxygen atoms in total. The monoisotopic (exact) mass is 319 g/mol. The lowest BCUT2D eigenvalue weighted by molar-refractivity contribution is -0.274. The molecule has 1 aromatic carbocycles. The van der Waals surface area contributed by atoms with E-state index in [1.807, 2.05) is 0 Å². The molecular formula is C14H16F3NO4. The second-order valence-electron chi connectivity index (χ2n) is 4.78. The largest absolute Gasteiger partial charge is 0.573 e. The van der Waals surface area contributed by atoms with Crippen molar-refractivity contribution in [3.8, 4) is 5.75 Å². The van der Waals surface area contributed by atoms with E-state index in [0.29, 0.717) is 0 Å². The number of alkyl halides is 3. The highest BCUT2D eigenvalue weighted by Crippen LogP contribution is 2.23. The van der Waals surface area contributed by atoms with Gasteiger partial charge in [-0.2, -0.15) is 0 Å². The number of hydrogen-bond donors (Lipinski definition) is 1. The van der Waals surface area contributed by atoms with Crippen LogP contribution >= 0.6 is 0 Å². The first kappa shape index (κ1) is 17.8. The number of amides is 1. The Morgan fingerprint density at radius 3 is 2.09 bits per heavy atom. The first-order valence-electron chi connectivity index (χ1n) is 6.45. The molecule has 0 radical (unpaired) electrons. The molecule has 0 aliphatic rings. The SMILES string of the molecule is CC(C)NC(=O)[C@@H](C)OC(=O)c1ccc(OC(F)(F)F)cc1. The van der Waals surface area contributed by atoms with Gasteiger partial charge in [-0.25, -0.2) is 4.79 Å². The Morgan fingerprint density at radius 1 is 1.09 bits per heavy atom. The molecule has 0 unspecified atom stereocenters. The standard InChI is InChI=1S/C14H16F3NO4/c1-8(2)18-12(19)9(3)21-13(20)10-4-6-11(7-5-10)22-14(15,16)17/h4-9H,1-3H3,(H,18,19)/t9-/m1/s1. The Hall–Kier alpha value is -2.25. The van der Waals surface area contributed by atoms with Gasteiger partial charge in [0.25, 0.3) is 5.91 Å². The molecule has 1 N–H and O–H groups in total. The third-order valence-electron chi connectivity index (χ3n) is 2.41. The molecule has 0 bridgehead atoms. The summed E-state index contributed by atoms with van der Waals surface area (Å²) in [5.41, 5.74) is 0.0127. The summed E-state index contributed by atoms with van der Waals surface area (Å²) < 4.78 is 44.6. The van der Waals surface area contributed by atoms with Gasteiger partial charge in [0.2, 0.25) is 0 Å². The smallest absolute Gasteiger partial charge is 0.449 e. The minimum atomic E-state index is -4.80. The number of rotatable bonds is 5. The number of carbonyl (C=O) groups excluding carboxylic acids is 2. The fraction of sp³-hybridized carbons (Fsp3) is 0.429. The van der Waals surface area contributed by atoms with E-state index >= 15 is 0 Å². The number of hydrogen-bond acceptors (Lipinski definition) is 4. The van der Waals surface area contributed by atoms with Crippen molar-refractivity contribution in [3.05, 3.63) is 29.8 Å². The fourth-order valence-electron chi connectivity index (χ4n) is 1.48. The number of ether oxygens (including phenoxy) is 2. The van der Waals surface area contributed by atoms with Gasteiger partial charge in [-0.3, -0.25) is 4.79 Å². The molecule has 0 fully saturated rings. The highest BCUT2D eigenvalue weighted by molar-refractivity contribution is 5.92. The van der Waals surface area contributed by atoms with Crippen molar-refractivity contribution in [1.29, 1.82) is 0 Å². The van der Waals surface area contributed by atoms with Crippen molar-refractivity contribution in [1.82, 2.24) is 5.32 Å². The summed E-state index contributed by atoms with van der Waals surface area (Å²) in [4.78, 5) is 23.4. The lowest BCUT2D eigenvalue weighted by Crippen LogP contribution is -2.39. The summed E-state index contributed by atoms with van der Waals surface area (Å²) in [7, 11) is 0. The van der Waals surface area contributed by atoms with E-state index in [2.05, 4.69) is 10.1 Å². The lowest BCUT2D eigenvalue weighted by Gasteiger charge is -2.15. The molecule has 0 heterocycles. The second-order valence-corrected chi connectivity index (χ2v) is 4.78. The van der Waals surface area contributed by atoms with Gasteiger partial charge in [0.05, 0.1) is 5.56 Å². The molecule has 1 amide bonds. The van der Waals surface area contributed by atoms with Crippen LogP contribution < -0.4 is 10.1 Å². The number of esters is 1. The zero-order valence-electron chi connectivity index (χ0n) is 12.2. The predicted molar refractivity (Wildman–Crippen MR) is 71.3 cm³/mol. The first-order chi connectivity index (χ1) is 10.1. The van der Waals surface area contributed by atoms with Gasteiger partial charge in [0.15, 0.2) is 6.10 Å². The van der Waals surface area contributed by atoms with Crippen molar-refractivity contribution in [2.75, 3.05) is 0 Å². The minimum absolute atomic E-state index is 0.0127. The van der Waals surface area contributed by atoms with Gasteiger partial charge in [-0.05, 0) is 45.0 Å². The van der Waals surface area contributed by atoms with Gasteiger partial charge < -0.3 is 14.8 Å². The third-order valence-corrected chi connectivity index (χ3v) is 2.41. The summed E-state index contributed by atoms with van der Waals surface area (Å²) in [5, 5.41) is 2.57. The van der Waals surface area contributed by atoms with Crippen LogP contribution in [0, 0.1) is 0 Å². The molecule has 22 heavy (non-hydrogen) atoms. The Labute approximate surface area is 125 Å². The highest BCUT2D eigenvalue weighted by atomic mass is 19.4. The lowest BCUT2D eigenvalue weighted by atomic mass is 10.2. The van der Waals surface area contributed by atoms with Crippen molar-refractivity contribution >= 4 is 11.9 Å². The van der Waals surface area contributed by atoms with Crippen molar-refractivity contribution in [2.45, 2.75) is 39.3 Å². The molecule has 122 valence electrons. The van der Waals surface area contributed by atoms with Crippen molar-refractivity contribution < 1.29 is 32.2 Å². The van der Waals surface area contributed by atoms with Crippen LogP contribution in [-0.2, 0) is 9.53 Å². The normalized spacial score (nSPS) is 12.7. The molecule has 0 saturated carbocycles. The average molecular weight is 319 g/mol. The minimum Gasteiger partial charge on any atom is -0.449 e. The molecule has 0 spiro atoms. The molecule has 0 aliphatic carbocycles. The van der Waals surface area contributed by atoms with Gasteiger partial charge in [-0.1, -0.05) is 0 Å². The van der Waals surface area contributed by atoms with E-state index in [0.717, 1.165) is 24.3 Å². The number of halogens is 3. The number of carbonyl (C=O) groups is 2. The van der Waals surface area contributed by atoms with Gasteiger partial charge in [0, 0.05) is 6.04 Å². The molecule has 0 aromatic heterocycles. The Morgan fingerprint density at radius 2 is 1.64 bits per heavy atom. The van der Waals surface area contributed by atoms with E-state index in [1.165, 1.54) is 6.92 Å². The van der Waals surface area contributed by atoms with Crippen LogP contribution in [0.25, 0.3) is 0 Å². The summed E-state index contributed by atoms with van der Waals surface area (Å²) in [6.07, 6.45) is -5.81. The van der Waals surface area contributed by atoms with Crippen LogP contribution in [0.4, 0.5) is 13.2 Å². The maximum atomic E-state index is 12.0. The van der Waals surface area contributed by atoms with E-state index in [4.69, 9.17) is 4.74 Å². The summed E-state index contributed by atoms with van der Waals surface area (Å²) >= 11 is 0. The first-order valence-corrected chi connectivity index (χ1v) is 6.45. The van der Waals surface area contributed by atoms with Crippen LogP contribution in [0.5, 0.6) is 5.75 Å². The van der Waals surface area contributed by atoms with Crippen molar-refractivity contribution in [3.63, 3.8) is 0 Å². The maximum absolute atomic E-state index is 12.0.